The minimum absolute atomic E-state index is 0.0726. The average Bonchev–Trinajstić information content (AvgIpc) is 2.85. The van der Waals surface area contributed by atoms with Crippen LogP contribution in [0, 0.1) is 23.2 Å². The number of carbonyl (C=O) groups is 1. The molecule has 102 valence electrons. The second kappa shape index (κ2) is 6.16. The van der Waals surface area contributed by atoms with Gasteiger partial charge in [0.25, 0.3) is 0 Å². The lowest BCUT2D eigenvalue weighted by atomic mass is 10.1. The van der Waals surface area contributed by atoms with Crippen molar-refractivity contribution in [1.29, 1.82) is 5.26 Å². The maximum Gasteiger partial charge on any atom is 0.310 e. The van der Waals surface area contributed by atoms with Crippen molar-refractivity contribution in [2.75, 3.05) is 13.7 Å². The Balaban J connectivity index is 2.72. The third-order valence-electron chi connectivity index (χ3n) is 3.17. The summed E-state index contributed by atoms with van der Waals surface area (Å²) in [5.74, 6) is -1.46. The van der Waals surface area contributed by atoms with Crippen LogP contribution in [0.5, 0.6) is 0 Å². The summed E-state index contributed by atoms with van der Waals surface area (Å²) in [7, 11) is -2.31. The molecule has 0 spiro atoms. The fraction of sp³-hybridized carbons (Fsp3) is 0.818. The van der Waals surface area contributed by atoms with Crippen LogP contribution in [-0.2, 0) is 19.6 Å². The van der Waals surface area contributed by atoms with Crippen LogP contribution in [0.15, 0.2) is 0 Å². The molecule has 3 atom stereocenters. The second-order valence-electron chi connectivity index (χ2n) is 4.52. The minimum atomic E-state index is -3.57. The van der Waals surface area contributed by atoms with E-state index in [4.69, 9.17) is 5.26 Å². The van der Waals surface area contributed by atoms with Crippen molar-refractivity contribution >= 4 is 16.0 Å². The highest BCUT2D eigenvalue weighted by atomic mass is 32.2. The number of nitrogens with one attached hydrogen (secondary N) is 1. The van der Waals surface area contributed by atoms with E-state index < -0.39 is 33.1 Å². The number of nitrogens with zero attached hydrogens (tertiary/aromatic N) is 1. The number of hydrogen-bond donors (Lipinski definition) is 1. The first-order valence-corrected chi connectivity index (χ1v) is 7.43. The Morgan fingerprint density at radius 2 is 2.22 bits per heavy atom. The monoisotopic (exact) mass is 274 g/mol. The molecular formula is C11H18N2O4S. The van der Waals surface area contributed by atoms with Crippen molar-refractivity contribution in [3.8, 4) is 6.07 Å². The maximum atomic E-state index is 12.1. The third-order valence-corrected chi connectivity index (χ3v) is 5.10. The summed E-state index contributed by atoms with van der Waals surface area (Å²) in [5, 5.41) is 7.88. The van der Waals surface area contributed by atoms with Crippen LogP contribution >= 0.6 is 0 Å². The summed E-state index contributed by atoms with van der Waals surface area (Å²) in [6, 6.07) is 1.95. The van der Waals surface area contributed by atoms with Crippen LogP contribution in [0.25, 0.3) is 0 Å². The molecule has 0 heterocycles. The molecule has 0 aromatic rings. The number of sulfonamides is 1. The van der Waals surface area contributed by atoms with Crippen molar-refractivity contribution in [3.63, 3.8) is 0 Å². The molecule has 0 amide bonds. The molecule has 0 aliphatic heterocycles. The second-order valence-corrected chi connectivity index (χ2v) is 6.51. The number of carbonyl (C=O) groups excluding carboxylic acids is 1. The summed E-state index contributed by atoms with van der Waals surface area (Å²) < 4.78 is 31.1. The van der Waals surface area contributed by atoms with E-state index in [-0.39, 0.29) is 6.54 Å². The molecule has 18 heavy (non-hydrogen) atoms. The molecule has 0 radical (unpaired) electrons. The molecule has 1 aliphatic carbocycles. The number of esters is 1. The molecule has 0 bridgehead atoms. The minimum Gasteiger partial charge on any atom is -0.469 e. The smallest absolute Gasteiger partial charge is 0.310 e. The highest BCUT2D eigenvalue weighted by Gasteiger charge is 2.42. The van der Waals surface area contributed by atoms with Gasteiger partial charge in [-0.1, -0.05) is 6.42 Å². The summed E-state index contributed by atoms with van der Waals surface area (Å²) in [6.45, 7) is 1.71. The Labute approximate surface area is 107 Å². The van der Waals surface area contributed by atoms with Gasteiger partial charge >= 0.3 is 5.97 Å². The Hall–Kier alpha value is -1.13. The van der Waals surface area contributed by atoms with Crippen molar-refractivity contribution < 1.29 is 17.9 Å². The van der Waals surface area contributed by atoms with E-state index in [9.17, 15) is 13.2 Å². The fourth-order valence-electron chi connectivity index (χ4n) is 2.11. The molecule has 3 unspecified atom stereocenters. The molecule has 0 aromatic carbocycles. The summed E-state index contributed by atoms with van der Waals surface area (Å²) in [5.41, 5.74) is 0. The first-order valence-electron chi connectivity index (χ1n) is 5.88. The lowest BCUT2D eigenvalue weighted by Crippen LogP contribution is -2.40. The summed E-state index contributed by atoms with van der Waals surface area (Å²) in [6.07, 6.45) is 1.68. The Bertz CT molecular complexity index is 440. The van der Waals surface area contributed by atoms with Crippen molar-refractivity contribution in [2.45, 2.75) is 31.4 Å². The molecule has 0 saturated heterocycles. The van der Waals surface area contributed by atoms with E-state index in [0.29, 0.717) is 19.3 Å². The molecule has 1 fully saturated rings. The quantitative estimate of drug-likeness (QED) is 0.732. The van der Waals surface area contributed by atoms with Crippen molar-refractivity contribution in [2.24, 2.45) is 11.8 Å². The lowest BCUT2D eigenvalue weighted by molar-refractivity contribution is -0.145. The normalized spacial score (nSPS) is 25.4. The van der Waals surface area contributed by atoms with E-state index in [1.54, 1.807) is 6.92 Å². The van der Waals surface area contributed by atoms with E-state index in [1.165, 1.54) is 7.11 Å². The van der Waals surface area contributed by atoms with E-state index >= 15 is 0 Å². The summed E-state index contributed by atoms with van der Waals surface area (Å²) >= 11 is 0. The largest absolute Gasteiger partial charge is 0.469 e. The van der Waals surface area contributed by atoms with Gasteiger partial charge in [0.1, 0.15) is 0 Å². The van der Waals surface area contributed by atoms with Crippen molar-refractivity contribution in [1.82, 2.24) is 4.72 Å². The first-order chi connectivity index (χ1) is 8.42. The molecule has 1 N–H and O–H groups in total. The van der Waals surface area contributed by atoms with Crippen LogP contribution in [-0.4, -0.2) is 33.3 Å². The molecule has 1 saturated carbocycles. The lowest BCUT2D eigenvalue weighted by Gasteiger charge is -2.18. The Morgan fingerprint density at radius 3 is 2.78 bits per heavy atom. The van der Waals surface area contributed by atoms with Gasteiger partial charge in [0.2, 0.25) is 10.0 Å². The van der Waals surface area contributed by atoms with Crippen LogP contribution in [0.1, 0.15) is 26.2 Å². The highest BCUT2D eigenvalue weighted by Crippen LogP contribution is 2.31. The molecule has 7 heteroatoms. The van der Waals surface area contributed by atoms with Crippen LogP contribution in [0.2, 0.25) is 0 Å². The zero-order valence-corrected chi connectivity index (χ0v) is 11.4. The van der Waals surface area contributed by atoms with Gasteiger partial charge in [-0.15, -0.1) is 0 Å². The predicted molar refractivity (Wildman–Crippen MR) is 64.8 cm³/mol. The van der Waals surface area contributed by atoms with E-state index in [2.05, 4.69) is 9.46 Å². The standard InChI is InChI=1S/C11H18N2O4S/c1-8(6-12)7-13-18(15,16)10-5-3-4-9(10)11(14)17-2/h8-10,13H,3-5,7H2,1-2H3. The maximum absolute atomic E-state index is 12.1. The summed E-state index contributed by atoms with van der Waals surface area (Å²) in [4.78, 5) is 11.5. The SMILES string of the molecule is COC(=O)C1CCCC1S(=O)(=O)NCC(C)C#N. The fourth-order valence-corrected chi connectivity index (χ4v) is 3.97. The molecule has 6 nitrogen and oxygen atoms in total. The topological polar surface area (TPSA) is 96.3 Å². The Morgan fingerprint density at radius 1 is 1.56 bits per heavy atom. The van der Waals surface area contributed by atoms with Gasteiger partial charge in [-0.05, 0) is 19.8 Å². The van der Waals surface area contributed by atoms with Crippen LogP contribution < -0.4 is 4.72 Å². The zero-order valence-electron chi connectivity index (χ0n) is 10.5. The molecule has 1 aliphatic rings. The van der Waals surface area contributed by atoms with Gasteiger partial charge in [0, 0.05) is 6.54 Å². The number of ether oxygens (including phenoxy) is 1. The number of rotatable bonds is 5. The van der Waals surface area contributed by atoms with Gasteiger partial charge in [0.05, 0.1) is 30.3 Å². The number of nitriles is 1. The first kappa shape index (κ1) is 14.9. The number of methoxy groups -OCH3 is 1. The van der Waals surface area contributed by atoms with Gasteiger partial charge in [-0.2, -0.15) is 5.26 Å². The molecule has 0 aromatic heterocycles. The van der Waals surface area contributed by atoms with Crippen LogP contribution in [0.4, 0.5) is 0 Å². The predicted octanol–water partition coefficient (Wildman–Crippen LogP) is 0.407. The zero-order chi connectivity index (χ0) is 13.8. The van der Waals surface area contributed by atoms with Gasteiger partial charge in [-0.25, -0.2) is 13.1 Å². The molecular weight excluding hydrogens is 256 g/mol. The number of hydrogen-bond acceptors (Lipinski definition) is 5. The highest BCUT2D eigenvalue weighted by molar-refractivity contribution is 7.90. The van der Waals surface area contributed by atoms with Gasteiger partial charge in [-0.3, -0.25) is 4.79 Å². The molecule has 1 rings (SSSR count). The van der Waals surface area contributed by atoms with Crippen molar-refractivity contribution in [3.05, 3.63) is 0 Å². The average molecular weight is 274 g/mol. The van der Waals surface area contributed by atoms with E-state index in [1.807, 2.05) is 6.07 Å². The van der Waals surface area contributed by atoms with Crippen LogP contribution in [0.3, 0.4) is 0 Å². The van der Waals surface area contributed by atoms with Gasteiger partial charge in [0.15, 0.2) is 0 Å². The third kappa shape index (κ3) is 3.43. The van der Waals surface area contributed by atoms with E-state index in [0.717, 1.165) is 0 Å². The van der Waals surface area contributed by atoms with Gasteiger partial charge < -0.3 is 4.74 Å². The Kier molecular flexibility index (Phi) is 5.11.